The number of nitrogens with one attached hydrogen (secondary N) is 3. The molecule has 3 aromatic carbocycles. The van der Waals surface area contributed by atoms with E-state index < -0.39 is 6.04 Å². The van der Waals surface area contributed by atoms with Crippen molar-refractivity contribution in [1.29, 1.82) is 0 Å². The summed E-state index contributed by atoms with van der Waals surface area (Å²) in [5, 5.41) is 11.8. The number of hydrogen-bond donors (Lipinski definition) is 3. The Kier molecular flexibility index (Phi) is 6.37. The number of anilines is 1. The first kappa shape index (κ1) is 22.4. The molecule has 0 aromatic heterocycles. The zero-order valence-corrected chi connectivity index (χ0v) is 19.6. The van der Waals surface area contributed by atoms with E-state index in [-0.39, 0.29) is 5.91 Å². The van der Waals surface area contributed by atoms with Crippen molar-refractivity contribution < 1.29 is 19.0 Å². The van der Waals surface area contributed by atoms with Gasteiger partial charge < -0.3 is 30.2 Å². The zero-order chi connectivity index (χ0) is 23.5. The van der Waals surface area contributed by atoms with Crippen LogP contribution in [-0.4, -0.2) is 32.3 Å². The van der Waals surface area contributed by atoms with Crippen LogP contribution in [0.5, 0.6) is 17.2 Å². The van der Waals surface area contributed by atoms with Gasteiger partial charge in [-0.05, 0) is 48.1 Å². The minimum absolute atomic E-state index is 0.293. The van der Waals surface area contributed by atoms with Gasteiger partial charge in [0.2, 0.25) is 0 Å². The molecule has 1 atom stereocenters. The quantitative estimate of drug-likeness (QED) is 0.471. The van der Waals surface area contributed by atoms with Gasteiger partial charge in [-0.3, -0.25) is 4.79 Å². The molecular weight excluding hydrogens is 438 g/mol. The van der Waals surface area contributed by atoms with Gasteiger partial charge in [-0.15, -0.1) is 0 Å². The summed E-state index contributed by atoms with van der Waals surface area (Å²) in [6.07, 6.45) is 0. The Morgan fingerprint density at radius 1 is 0.970 bits per heavy atom. The molecule has 4 rings (SSSR count). The van der Waals surface area contributed by atoms with E-state index in [1.54, 1.807) is 39.5 Å². The lowest BCUT2D eigenvalue weighted by atomic mass is 9.90. The number of fused-ring (bicyclic) bond motifs is 1. The molecule has 33 heavy (non-hydrogen) atoms. The molecule has 0 aliphatic carbocycles. The minimum atomic E-state index is -0.524. The lowest BCUT2D eigenvalue weighted by Gasteiger charge is -2.32. The molecule has 1 heterocycles. The number of ether oxygens (including phenoxy) is 3. The van der Waals surface area contributed by atoms with Crippen LogP contribution in [0.4, 0.5) is 5.69 Å². The van der Waals surface area contributed by atoms with E-state index in [0.29, 0.717) is 39.3 Å². The van der Waals surface area contributed by atoms with E-state index in [2.05, 4.69) is 16.0 Å². The van der Waals surface area contributed by atoms with Gasteiger partial charge in [0.25, 0.3) is 5.91 Å². The third kappa shape index (κ3) is 4.29. The summed E-state index contributed by atoms with van der Waals surface area (Å²) < 4.78 is 16.4. The third-order valence-corrected chi connectivity index (χ3v) is 5.83. The van der Waals surface area contributed by atoms with Crippen LogP contribution in [0.15, 0.2) is 65.9 Å². The summed E-state index contributed by atoms with van der Waals surface area (Å²) in [5.41, 5.74) is 2.52. The molecule has 3 N–H and O–H groups in total. The highest BCUT2D eigenvalue weighted by Gasteiger charge is 2.33. The molecule has 0 saturated carbocycles. The number of carbonyl (C=O) groups is 1. The smallest absolute Gasteiger partial charge is 0.255 e. The van der Waals surface area contributed by atoms with Gasteiger partial charge in [0.15, 0.2) is 5.11 Å². The maximum atomic E-state index is 13.6. The molecule has 0 saturated heterocycles. The highest BCUT2D eigenvalue weighted by molar-refractivity contribution is 7.80. The van der Waals surface area contributed by atoms with Crippen molar-refractivity contribution in [3.63, 3.8) is 0 Å². The topological polar surface area (TPSA) is 80.9 Å². The maximum absolute atomic E-state index is 13.6. The van der Waals surface area contributed by atoms with E-state index >= 15 is 0 Å². The largest absolute Gasteiger partial charge is 0.497 e. The SMILES string of the molecule is COc1ccc(NC(=O)C2=C(C)NC(=S)N[C@H]2c2c(OC)ccc3ccccc23)c(OC)c1. The molecule has 0 spiro atoms. The van der Waals surface area contributed by atoms with Gasteiger partial charge in [-0.25, -0.2) is 0 Å². The second kappa shape index (κ2) is 9.38. The molecular formula is C25H25N3O4S. The second-order valence-corrected chi connectivity index (χ2v) is 7.90. The summed E-state index contributed by atoms with van der Waals surface area (Å²) in [7, 11) is 4.73. The van der Waals surface area contributed by atoms with E-state index in [4.69, 9.17) is 26.4 Å². The third-order valence-electron chi connectivity index (χ3n) is 5.61. The molecule has 1 aliphatic rings. The van der Waals surface area contributed by atoms with Gasteiger partial charge in [-0.1, -0.05) is 30.3 Å². The Labute approximate surface area is 197 Å². The Hall–Kier alpha value is -3.78. The summed E-state index contributed by atoms with van der Waals surface area (Å²) in [4.78, 5) is 13.6. The Morgan fingerprint density at radius 3 is 2.45 bits per heavy atom. The minimum Gasteiger partial charge on any atom is -0.497 e. The van der Waals surface area contributed by atoms with E-state index in [9.17, 15) is 4.79 Å². The van der Waals surface area contributed by atoms with Crippen molar-refractivity contribution in [3.05, 3.63) is 71.4 Å². The predicted molar refractivity (Wildman–Crippen MR) is 133 cm³/mol. The van der Waals surface area contributed by atoms with Crippen LogP contribution >= 0.6 is 12.2 Å². The van der Waals surface area contributed by atoms with E-state index in [1.807, 2.05) is 43.3 Å². The highest BCUT2D eigenvalue weighted by Crippen LogP contribution is 2.39. The average molecular weight is 464 g/mol. The van der Waals surface area contributed by atoms with Crippen molar-refractivity contribution in [2.45, 2.75) is 13.0 Å². The first-order valence-electron chi connectivity index (χ1n) is 10.3. The normalized spacial score (nSPS) is 15.5. The van der Waals surface area contributed by atoms with Gasteiger partial charge >= 0.3 is 0 Å². The summed E-state index contributed by atoms with van der Waals surface area (Å²) >= 11 is 5.44. The molecule has 0 unspecified atom stereocenters. The Morgan fingerprint density at radius 2 is 1.73 bits per heavy atom. The number of carbonyl (C=O) groups excluding carboxylic acids is 1. The average Bonchev–Trinajstić information content (AvgIpc) is 2.82. The van der Waals surface area contributed by atoms with Crippen LogP contribution in [-0.2, 0) is 4.79 Å². The van der Waals surface area contributed by atoms with E-state index in [1.165, 1.54) is 0 Å². The fourth-order valence-electron chi connectivity index (χ4n) is 4.05. The molecule has 170 valence electrons. The number of benzene rings is 3. The van der Waals surface area contributed by atoms with Crippen LogP contribution < -0.4 is 30.2 Å². The van der Waals surface area contributed by atoms with Crippen molar-refractivity contribution in [2.24, 2.45) is 0 Å². The Balaban J connectivity index is 1.81. The monoisotopic (exact) mass is 463 g/mol. The number of hydrogen-bond acceptors (Lipinski definition) is 5. The highest BCUT2D eigenvalue weighted by atomic mass is 32.1. The molecule has 0 fully saturated rings. The van der Waals surface area contributed by atoms with Crippen molar-refractivity contribution in [3.8, 4) is 17.2 Å². The molecule has 7 nitrogen and oxygen atoms in total. The molecule has 1 aliphatic heterocycles. The van der Waals surface area contributed by atoms with Crippen LogP contribution in [0.1, 0.15) is 18.5 Å². The number of rotatable bonds is 6. The van der Waals surface area contributed by atoms with Crippen LogP contribution in [0.25, 0.3) is 10.8 Å². The summed E-state index contributed by atoms with van der Waals surface area (Å²) in [6, 6.07) is 16.6. The van der Waals surface area contributed by atoms with Gasteiger partial charge in [0.1, 0.15) is 17.2 Å². The van der Waals surface area contributed by atoms with Gasteiger partial charge in [0.05, 0.1) is 38.6 Å². The molecule has 8 heteroatoms. The van der Waals surface area contributed by atoms with Gasteiger partial charge in [0, 0.05) is 17.3 Å². The number of methoxy groups -OCH3 is 3. The summed E-state index contributed by atoms with van der Waals surface area (Å²) in [5.74, 6) is 1.49. The first-order valence-corrected chi connectivity index (χ1v) is 10.7. The van der Waals surface area contributed by atoms with Crippen LogP contribution in [0.3, 0.4) is 0 Å². The van der Waals surface area contributed by atoms with Crippen LogP contribution in [0, 0.1) is 0 Å². The lowest BCUT2D eigenvalue weighted by Crippen LogP contribution is -2.46. The zero-order valence-electron chi connectivity index (χ0n) is 18.8. The number of thiocarbonyl (C=S) groups is 1. The molecule has 3 aromatic rings. The molecule has 0 radical (unpaired) electrons. The van der Waals surface area contributed by atoms with Gasteiger partial charge in [-0.2, -0.15) is 0 Å². The Bertz CT molecular complexity index is 1270. The maximum Gasteiger partial charge on any atom is 0.255 e. The van der Waals surface area contributed by atoms with Crippen molar-refractivity contribution >= 4 is 39.7 Å². The van der Waals surface area contributed by atoms with Crippen molar-refractivity contribution in [1.82, 2.24) is 10.6 Å². The predicted octanol–water partition coefficient (Wildman–Crippen LogP) is 4.30. The second-order valence-electron chi connectivity index (χ2n) is 7.49. The lowest BCUT2D eigenvalue weighted by molar-refractivity contribution is -0.113. The first-order chi connectivity index (χ1) is 16.0. The van der Waals surface area contributed by atoms with Crippen LogP contribution in [0.2, 0.25) is 0 Å². The fraction of sp³-hybridized carbons (Fsp3) is 0.200. The van der Waals surface area contributed by atoms with Crippen molar-refractivity contribution in [2.75, 3.05) is 26.6 Å². The molecule has 1 amide bonds. The number of amides is 1. The van der Waals surface area contributed by atoms with E-state index in [0.717, 1.165) is 16.3 Å². The summed E-state index contributed by atoms with van der Waals surface area (Å²) in [6.45, 7) is 1.83. The number of allylic oxidation sites excluding steroid dienone is 1. The fourth-order valence-corrected chi connectivity index (χ4v) is 4.33. The standard InChI is InChI=1S/C25H25N3O4S/c1-14-21(24(29)27-18-11-10-16(30-2)13-20(18)32-4)23(28-25(33)26-14)22-17-8-6-5-7-15(17)9-12-19(22)31-3/h5-13,23H,1-4H3,(H,27,29)(H2,26,28,33)/t23-/m1/s1. The molecule has 0 bridgehead atoms.